The minimum Gasteiger partial charge on any atom is -0.443 e. The van der Waals surface area contributed by atoms with Gasteiger partial charge in [0, 0.05) is 16.1 Å². The van der Waals surface area contributed by atoms with Gasteiger partial charge in [-0.3, -0.25) is 4.57 Å². The number of halogens is 2. The summed E-state index contributed by atoms with van der Waals surface area (Å²) in [7, 11) is 0. The van der Waals surface area contributed by atoms with Crippen molar-refractivity contribution >= 4 is 44.5 Å². The van der Waals surface area contributed by atoms with E-state index in [0.717, 1.165) is 9.86 Å². The van der Waals surface area contributed by atoms with Gasteiger partial charge in [-0.1, -0.05) is 27.5 Å². The molecule has 0 amide bonds. The lowest BCUT2D eigenvalue weighted by atomic mass is 10.2. The molecular formula is C13H13BrClNO2. The smallest absolute Gasteiger partial charge is 0.419 e. The molecule has 0 spiro atoms. The maximum absolute atomic E-state index is 12.1. The molecule has 1 heterocycles. The van der Waals surface area contributed by atoms with Gasteiger partial charge in [0.05, 0.1) is 10.5 Å². The zero-order chi connectivity index (χ0) is 13.5. The molecule has 0 aliphatic rings. The van der Waals surface area contributed by atoms with Crippen LogP contribution in [0.5, 0.6) is 0 Å². The van der Waals surface area contributed by atoms with Gasteiger partial charge < -0.3 is 4.74 Å². The standard InChI is InChI=1S/C13H13BrClNO2/c1-13(2,3)18-12(17)16-7-6-8-9(14)4-5-10(15)11(8)16/h4-7H,1-3H3. The van der Waals surface area contributed by atoms with Gasteiger partial charge in [0.2, 0.25) is 0 Å². The van der Waals surface area contributed by atoms with Crippen molar-refractivity contribution in [3.05, 3.63) is 33.9 Å². The normalized spacial score (nSPS) is 11.8. The van der Waals surface area contributed by atoms with E-state index in [1.807, 2.05) is 32.9 Å². The molecule has 2 aromatic rings. The molecule has 18 heavy (non-hydrogen) atoms. The highest BCUT2D eigenvalue weighted by Gasteiger charge is 2.20. The average molecular weight is 331 g/mol. The first-order chi connectivity index (χ1) is 8.29. The number of ether oxygens (including phenoxy) is 1. The van der Waals surface area contributed by atoms with Gasteiger partial charge in [-0.15, -0.1) is 0 Å². The summed E-state index contributed by atoms with van der Waals surface area (Å²) < 4.78 is 7.65. The lowest BCUT2D eigenvalue weighted by molar-refractivity contribution is 0.0544. The molecule has 0 saturated carbocycles. The highest BCUT2D eigenvalue weighted by Crippen LogP contribution is 2.31. The fourth-order valence-electron chi connectivity index (χ4n) is 1.65. The molecule has 0 unspecified atom stereocenters. The molecule has 0 aliphatic carbocycles. The molecule has 0 fully saturated rings. The average Bonchev–Trinajstić information content (AvgIpc) is 2.66. The van der Waals surface area contributed by atoms with Gasteiger partial charge in [0.15, 0.2) is 0 Å². The molecule has 1 aromatic carbocycles. The number of hydrogen-bond acceptors (Lipinski definition) is 2. The summed E-state index contributed by atoms with van der Waals surface area (Å²) in [6, 6.07) is 5.42. The summed E-state index contributed by atoms with van der Waals surface area (Å²) in [6.45, 7) is 5.48. The Balaban J connectivity index is 2.53. The minimum atomic E-state index is -0.536. The van der Waals surface area contributed by atoms with Crippen LogP contribution in [0.15, 0.2) is 28.9 Å². The van der Waals surface area contributed by atoms with Gasteiger partial charge in [-0.05, 0) is 39.0 Å². The van der Waals surface area contributed by atoms with E-state index >= 15 is 0 Å². The molecule has 5 heteroatoms. The zero-order valence-electron chi connectivity index (χ0n) is 10.3. The van der Waals surface area contributed by atoms with Crippen LogP contribution < -0.4 is 0 Å². The van der Waals surface area contributed by atoms with E-state index in [4.69, 9.17) is 16.3 Å². The van der Waals surface area contributed by atoms with Crippen molar-refractivity contribution in [3.63, 3.8) is 0 Å². The summed E-state index contributed by atoms with van der Waals surface area (Å²) in [4.78, 5) is 12.1. The number of hydrogen-bond donors (Lipinski definition) is 0. The fourth-order valence-corrected chi connectivity index (χ4v) is 2.36. The largest absolute Gasteiger partial charge is 0.443 e. The van der Waals surface area contributed by atoms with Crippen molar-refractivity contribution in [3.8, 4) is 0 Å². The van der Waals surface area contributed by atoms with E-state index in [0.29, 0.717) is 10.5 Å². The van der Waals surface area contributed by atoms with Crippen LogP contribution in [0.25, 0.3) is 10.9 Å². The van der Waals surface area contributed by atoms with Crippen LogP contribution in [0, 0.1) is 0 Å². The summed E-state index contributed by atoms with van der Waals surface area (Å²) in [5.41, 5.74) is 0.117. The second kappa shape index (κ2) is 4.59. The number of aromatic nitrogens is 1. The third-order valence-corrected chi connectivity index (χ3v) is 3.33. The lowest BCUT2D eigenvalue weighted by Crippen LogP contribution is -2.26. The first-order valence-corrected chi connectivity index (χ1v) is 6.65. The minimum absolute atomic E-state index is 0.433. The maximum Gasteiger partial charge on any atom is 0.419 e. The van der Waals surface area contributed by atoms with E-state index < -0.39 is 11.7 Å². The highest BCUT2D eigenvalue weighted by molar-refractivity contribution is 9.10. The molecule has 3 nitrogen and oxygen atoms in total. The van der Waals surface area contributed by atoms with Gasteiger partial charge in [0.1, 0.15) is 5.60 Å². The molecule has 0 bridgehead atoms. The molecule has 96 valence electrons. The van der Waals surface area contributed by atoms with Crippen molar-refractivity contribution in [1.82, 2.24) is 4.57 Å². The van der Waals surface area contributed by atoms with Crippen LogP contribution in [0.1, 0.15) is 20.8 Å². The number of carbonyl (C=O) groups excluding carboxylic acids is 1. The second-order valence-corrected chi connectivity index (χ2v) is 6.22. The fraction of sp³-hybridized carbons (Fsp3) is 0.308. The Morgan fingerprint density at radius 2 is 2.00 bits per heavy atom. The van der Waals surface area contributed by atoms with Crippen LogP contribution in [0.3, 0.4) is 0 Å². The summed E-state index contributed by atoms with van der Waals surface area (Å²) >= 11 is 9.57. The summed E-state index contributed by atoms with van der Waals surface area (Å²) in [6.07, 6.45) is 1.23. The summed E-state index contributed by atoms with van der Waals surface area (Å²) in [5, 5.41) is 1.40. The van der Waals surface area contributed by atoms with Crippen LogP contribution in [-0.4, -0.2) is 16.3 Å². The predicted molar refractivity (Wildman–Crippen MR) is 76.3 cm³/mol. The first kappa shape index (κ1) is 13.4. The third-order valence-electron chi connectivity index (χ3n) is 2.34. The van der Waals surface area contributed by atoms with Crippen molar-refractivity contribution in [2.45, 2.75) is 26.4 Å². The van der Waals surface area contributed by atoms with Crippen molar-refractivity contribution in [2.24, 2.45) is 0 Å². The quantitative estimate of drug-likeness (QED) is 0.692. The molecule has 1 aromatic heterocycles. The number of nitrogens with zero attached hydrogens (tertiary/aromatic N) is 1. The molecule has 0 radical (unpaired) electrons. The topological polar surface area (TPSA) is 31.2 Å². The second-order valence-electron chi connectivity index (χ2n) is 4.96. The zero-order valence-corrected chi connectivity index (χ0v) is 12.7. The number of benzene rings is 1. The number of fused-ring (bicyclic) bond motifs is 1. The van der Waals surface area contributed by atoms with E-state index in [-0.39, 0.29) is 0 Å². The van der Waals surface area contributed by atoms with Crippen molar-refractivity contribution < 1.29 is 9.53 Å². The molecule has 0 atom stereocenters. The maximum atomic E-state index is 12.1. The Labute approximate surface area is 119 Å². The van der Waals surface area contributed by atoms with Crippen LogP contribution in [0.2, 0.25) is 5.02 Å². The van der Waals surface area contributed by atoms with E-state index in [9.17, 15) is 4.79 Å². The Morgan fingerprint density at radius 3 is 2.61 bits per heavy atom. The molecular weight excluding hydrogens is 318 g/mol. The van der Waals surface area contributed by atoms with Gasteiger partial charge in [-0.2, -0.15) is 0 Å². The monoisotopic (exact) mass is 329 g/mol. The number of carbonyl (C=O) groups is 1. The summed E-state index contributed by atoms with van der Waals surface area (Å²) in [5.74, 6) is 0. The van der Waals surface area contributed by atoms with Gasteiger partial charge >= 0.3 is 6.09 Å². The lowest BCUT2D eigenvalue weighted by Gasteiger charge is -2.20. The van der Waals surface area contributed by atoms with Crippen LogP contribution in [-0.2, 0) is 4.74 Å². The SMILES string of the molecule is CC(C)(C)OC(=O)n1ccc2c(Br)ccc(Cl)c21. The Hall–Kier alpha value is -1.00. The molecule has 0 saturated heterocycles. The van der Waals surface area contributed by atoms with Crippen LogP contribution >= 0.6 is 27.5 Å². The van der Waals surface area contributed by atoms with Gasteiger partial charge in [-0.25, -0.2) is 4.79 Å². The number of rotatable bonds is 0. The molecule has 0 N–H and O–H groups in total. The van der Waals surface area contributed by atoms with E-state index in [2.05, 4.69) is 15.9 Å². The Bertz CT molecular complexity index is 613. The third kappa shape index (κ3) is 2.54. The molecule has 2 rings (SSSR count). The predicted octanol–water partition coefficient (Wildman–Crippen LogP) is 4.84. The first-order valence-electron chi connectivity index (χ1n) is 5.48. The Morgan fingerprint density at radius 1 is 1.33 bits per heavy atom. The highest BCUT2D eigenvalue weighted by atomic mass is 79.9. The molecule has 0 aliphatic heterocycles. The van der Waals surface area contributed by atoms with Gasteiger partial charge in [0.25, 0.3) is 0 Å². The van der Waals surface area contributed by atoms with Crippen molar-refractivity contribution in [1.29, 1.82) is 0 Å². The van der Waals surface area contributed by atoms with Crippen molar-refractivity contribution in [2.75, 3.05) is 0 Å². The Kier molecular flexibility index (Phi) is 3.43. The van der Waals surface area contributed by atoms with E-state index in [1.165, 1.54) is 4.57 Å². The van der Waals surface area contributed by atoms with E-state index in [1.54, 1.807) is 12.3 Å². The van der Waals surface area contributed by atoms with Crippen LogP contribution in [0.4, 0.5) is 4.79 Å².